The van der Waals surface area contributed by atoms with Gasteiger partial charge in [0, 0.05) is 44.6 Å². The van der Waals surface area contributed by atoms with Crippen LogP contribution in [0, 0.1) is 13.8 Å². The van der Waals surface area contributed by atoms with Gasteiger partial charge in [0.15, 0.2) is 0 Å². The fourth-order valence-electron chi connectivity index (χ4n) is 2.96. The van der Waals surface area contributed by atoms with Crippen molar-refractivity contribution in [3.8, 4) is 0 Å². The lowest BCUT2D eigenvalue weighted by Gasteiger charge is -2.32. The van der Waals surface area contributed by atoms with Crippen molar-refractivity contribution in [1.82, 2.24) is 24.2 Å². The first kappa shape index (κ1) is 15.7. The molecule has 0 spiro atoms. The van der Waals surface area contributed by atoms with E-state index in [1.165, 1.54) is 0 Å². The first-order valence-corrected chi connectivity index (χ1v) is 7.92. The number of carbonyl (C=O) groups excluding carboxylic acids is 1. The first-order valence-electron chi connectivity index (χ1n) is 7.92. The molecule has 1 saturated heterocycles. The standard InChI is InChI=1S/C16H23N5O2/c1-12-10-19(3)16(18-12)14-11-20(8-9-23-14)15(22)5-7-21-13(2)4-6-17-21/h4,6,10,14H,5,7-9,11H2,1-3H3/t14-/m0/s1. The summed E-state index contributed by atoms with van der Waals surface area (Å²) in [5, 5.41) is 4.22. The molecule has 3 rings (SSSR count). The second-order valence-electron chi connectivity index (χ2n) is 6.00. The molecule has 1 atom stereocenters. The summed E-state index contributed by atoms with van der Waals surface area (Å²) in [4.78, 5) is 18.9. The fraction of sp³-hybridized carbons (Fsp3) is 0.562. The molecular formula is C16H23N5O2. The van der Waals surface area contributed by atoms with Crippen molar-refractivity contribution in [3.05, 3.63) is 35.7 Å². The first-order chi connectivity index (χ1) is 11.0. The van der Waals surface area contributed by atoms with Crippen LogP contribution in [0.15, 0.2) is 18.5 Å². The average Bonchev–Trinajstić information content (AvgIpc) is 3.10. The molecule has 1 fully saturated rings. The summed E-state index contributed by atoms with van der Waals surface area (Å²) in [7, 11) is 1.96. The summed E-state index contributed by atoms with van der Waals surface area (Å²) in [6, 6.07) is 1.94. The number of rotatable bonds is 4. The molecule has 1 amide bonds. The van der Waals surface area contributed by atoms with Crippen LogP contribution in [-0.4, -0.2) is 49.8 Å². The Morgan fingerprint density at radius 2 is 2.26 bits per heavy atom. The van der Waals surface area contributed by atoms with Crippen LogP contribution in [0.1, 0.15) is 29.7 Å². The van der Waals surface area contributed by atoms with E-state index in [0.29, 0.717) is 32.7 Å². The third-order valence-electron chi connectivity index (χ3n) is 4.21. The molecule has 0 radical (unpaired) electrons. The molecule has 0 aliphatic carbocycles. The predicted octanol–water partition coefficient (Wildman–Crippen LogP) is 1.22. The van der Waals surface area contributed by atoms with E-state index in [4.69, 9.17) is 4.74 Å². The summed E-state index contributed by atoms with van der Waals surface area (Å²) in [6.45, 7) is 6.30. The maximum Gasteiger partial charge on any atom is 0.224 e. The van der Waals surface area contributed by atoms with Gasteiger partial charge in [-0.2, -0.15) is 5.10 Å². The van der Waals surface area contributed by atoms with E-state index in [0.717, 1.165) is 17.2 Å². The monoisotopic (exact) mass is 317 g/mol. The summed E-state index contributed by atoms with van der Waals surface area (Å²) in [6.07, 6.45) is 4.03. The fourth-order valence-corrected chi connectivity index (χ4v) is 2.96. The number of carbonyl (C=O) groups is 1. The van der Waals surface area contributed by atoms with Gasteiger partial charge in [0.05, 0.1) is 18.8 Å². The Bertz CT molecular complexity index is 690. The summed E-state index contributed by atoms with van der Waals surface area (Å²) >= 11 is 0. The van der Waals surface area contributed by atoms with Gasteiger partial charge in [-0.15, -0.1) is 0 Å². The third-order valence-corrected chi connectivity index (χ3v) is 4.21. The lowest BCUT2D eigenvalue weighted by atomic mass is 10.2. The maximum absolute atomic E-state index is 12.5. The molecular weight excluding hydrogens is 294 g/mol. The van der Waals surface area contributed by atoms with E-state index in [9.17, 15) is 4.79 Å². The SMILES string of the molecule is Cc1cn(C)c([C@@H]2CN(C(=O)CCn3nccc3C)CCO2)n1. The minimum atomic E-state index is -0.155. The number of aryl methyl sites for hydroxylation is 4. The highest BCUT2D eigenvalue weighted by Gasteiger charge is 2.27. The quantitative estimate of drug-likeness (QED) is 0.850. The molecule has 0 aromatic carbocycles. The van der Waals surface area contributed by atoms with Crippen molar-refractivity contribution in [2.75, 3.05) is 19.7 Å². The molecule has 1 aliphatic heterocycles. The Hall–Kier alpha value is -2.15. The Balaban J connectivity index is 1.60. The number of aromatic nitrogens is 4. The van der Waals surface area contributed by atoms with E-state index in [1.807, 2.05) is 47.3 Å². The molecule has 124 valence electrons. The smallest absolute Gasteiger partial charge is 0.224 e. The van der Waals surface area contributed by atoms with Gasteiger partial charge in [0.2, 0.25) is 5.91 Å². The number of imidazole rings is 1. The molecule has 2 aromatic rings. The van der Waals surface area contributed by atoms with Crippen molar-refractivity contribution in [2.45, 2.75) is 32.9 Å². The van der Waals surface area contributed by atoms with Gasteiger partial charge in [-0.3, -0.25) is 9.48 Å². The molecule has 2 aromatic heterocycles. The average molecular weight is 317 g/mol. The number of hydrogen-bond donors (Lipinski definition) is 0. The Morgan fingerprint density at radius 3 is 2.91 bits per heavy atom. The van der Waals surface area contributed by atoms with Gasteiger partial charge in [-0.1, -0.05) is 0 Å². The van der Waals surface area contributed by atoms with Crippen molar-refractivity contribution >= 4 is 5.91 Å². The topological polar surface area (TPSA) is 65.2 Å². The Labute approximate surface area is 135 Å². The van der Waals surface area contributed by atoms with Crippen LogP contribution in [0.5, 0.6) is 0 Å². The molecule has 0 bridgehead atoms. The Morgan fingerprint density at radius 1 is 1.43 bits per heavy atom. The zero-order chi connectivity index (χ0) is 16.4. The van der Waals surface area contributed by atoms with Crippen molar-refractivity contribution in [3.63, 3.8) is 0 Å². The summed E-state index contributed by atoms with van der Waals surface area (Å²) < 4.78 is 9.65. The van der Waals surface area contributed by atoms with Gasteiger partial charge in [0.25, 0.3) is 0 Å². The van der Waals surface area contributed by atoms with Crippen molar-refractivity contribution in [1.29, 1.82) is 0 Å². The Kier molecular flexibility index (Phi) is 4.47. The molecule has 0 unspecified atom stereocenters. The number of morpholine rings is 1. The van der Waals surface area contributed by atoms with Crippen LogP contribution in [0.3, 0.4) is 0 Å². The van der Waals surface area contributed by atoms with Gasteiger partial charge < -0.3 is 14.2 Å². The van der Waals surface area contributed by atoms with Crippen LogP contribution >= 0.6 is 0 Å². The van der Waals surface area contributed by atoms with Gasteiger partial charge >= 0.3 is 0 Å². The summed E-state index contributed by atoms with van der Waals surface area (Å²) in [5.41, 5.74) is 2.03. The molecule has 3 heterocycles. The molecule has 0 saturated carbocycles. The van der Waals surface area contributed by atoms with E-state index >= 15 is 0 Å². The van der Waals surface area contributed by atoms with E-state index in [-0.39, 0.29) is 12.0 Å². The number of amides is 1. The number of ether oxygens (including phenoxy) is 1. The van der Waals surface area contributed by atoms with Crippen LogP contribution in [0.4, 0.5) is 0 Å². The predicted molar refractivity (Wildman–Crippen MR) is 84.8 cm³/mol. The van der Waals surface area contributed by atoms with E-state index in [1.54, 1.807) is 6.20 Å². The zero-order valence-corrected chi connectivity index (χ0v) is 13.9. The lowest BCUT2D eigenvalue weighted by molar-refractivity contribution is -0.139. The van der Waals surface area contributed by atoms with Gasteiger partial charge in [-0.05, 0) is 19.9 Å². The van der Waals surface area contributed by atoms with Crippen LogP contribution in [-0.2, 0) is 23.1 Å². The van der Waals surface area contributed by atoms with Gasteiger partial charge in [0.1, 0.15) is 11.9 Å². The normalized spacial score (nSPS) is 18.4. The van der Waals surface area contributed by atoms with E-state index in [2.05, 4.69) is 10.1 Å². The number of hydrogen-bond acceptors (Lipinski definition) is 4. The lowest BCUT2D eigenvalue weighted by Crippen LogP contribution is -2.43. The molecule has 1 aliphatic rings. The second-order valence-corrected chi connectivity index (χ2v) is 6.00. The largest absolute Gasteiger partial charge is 0.367 e. The highest BCUT2D eigenvalue weighted by molar-refractivity contribution is 5.76. The van der Waals surface area contributed by atoms with Crippen LogP contribution in [0.2, 0.25) is 0 Å². The molecule has 23 heavy (non-hydrogen) atoms. The van der Waals surface area contributed by atoms with Gasteiger partial charge in [-0.25, -0.2) is 4.98 Å². The highest BCUT2D eigenvalue weighted by Crippen LogP contribution is 2.21. The zero-order valence-electron chi connectivity index (χ0n) is 13.9. The van der Waals surface area contributed by atoms with Crippen LogP contribution in [0.25, 0.3) is 0 Å². The molecule has 7 nitrogen and oxygen atoms in total. The summed E-state index contributed by atoms with van der Waals surface area (Å²) in [5.74, 6) is 1.02. The minimum Gasteiger partial charge on any atom is -0.367 e. The maximum atomic E-state index is 12.5. The highest BCUT2D eigenvalue weighted by atomic mass is 16.5. The number of nitrogens with zero attached hydrogens (tertiary/aromatic N) is 5. The van der Waals surface area contributed by atoms with Crippen molar-refractivity contribution < 1.29 is 9.53 Å². The third kappa shape index (κ3) is 3.44. The minimum absolute atomic E-state index is 0.138. The van der Waals surface area contributed by atoms with Crippen LogP contribution < -0.4 is 0 Å². The van der Waals surface area contributed by atoms with Crippen molar-refractivity contribution in [2.24, 2.45) is 7.05 Å². The molecule has 7 heteroatoms. The van der Waals surface area contributed by atoms with E-state index < -0.39 is 0 Å². The second kappa shape index (κ2) is 6.54. The molecule has 0 N–H and O–H groups in total.